The smallest absolute Gasteiger partial charge is 0.150 e. The molecule has 0 bridgehead atoms. The second-order valence-electron chi connectivity index (χ2n) is 8.64. The second-order valence-corrected chi connectivity index (χ2v) is 10.9. The Bertz CT molecular complexity index is 1440. The van der Waals surface area contributed by atoms with E-state index in [2.05, 4.69) is 112 Å². The van der Waals surface area contributed by atoms with Crippen LogP contribution in [0.5, 0.6) is 0 Å². The van der Waals surface area contributed by atoms with E-state index in [0.717, 1.165) is 38.1 Å². The molecule has 37 heavy (non-hydrogen) atoms. The van der Waals surface area contributed by atoms with Crippen LogP contribution in [0, 0.1) is 6.92 Å². The van der Waals surface area contributed by atoms with Gasteiger partial charge in [-0.3, -0.25) is 0 Å². The van der Waals surface area contributed by atoms with Crippen LogP contribution in [-0.4, -0.2) is 22.4 Å². The van der Waals surface area contributed by atoms with Gasteiger partial charge < -0.3 is 5.32 Å². The largest absolute Gasteiger partial charge is 0.358 e. The fraction of sp³-hybridized carbons (Fsp3) is 0.0667. The van der Waals surface area contributed by atoms with Crippen molar-refractivity contribution in [1.82, 2.24) is 15.3 Å². The van der Waals surface area contributed by atoms with E-state index in [1.54, 1.807) is 23.9 Å². The number of benzene rings is 3. The summed E-state index contributed by atoms with van der Waals surface area (Å²) in [6, 6.07) is 33.5. The lowest BCUT2D eigenvalue weighted by molar-refractivity contribution is 0.357. The first kappa shape index (κ1) is 23.5. The monoisotopic (exact) mass is 519 g/mol. The van der Waals surface area contributed by atoms with Crippen molar-refractivity contribution in [3.8, 4) is 0 Å². The van der Waals surface area contributed by atoms with Crippen molar-refractivity contribution >= 4 is 47.3 Å². The van der Waals surface area contributed by atoms with Crippen LogP contribution < -0.4 is 9.03 Å². The Morgan fingerprint density at radius 2 is 1.54 bits per heavy atom. The van der Waals surface area contributed by atoms with Gasteiger partial charge in [0.1, 0.15) is 12.0 Å². The number of nitrogens with one attached hydrogen (secondary N) is 1. The Morgan fingerprint density at radius 3 is 2.24 bits per heavy atom. The fourth-order valence-electron chi connectivity index (χ4n) is 4.28. The first-order valence-electron chi connectivity index (χ1n) is 12.0. The van der Waals surface area contributed by atoms with Gasteiger partial charge in [-0.1, -0.05) is 60.2 Å². The molecule has 5 nitrogen and oxygen atoms in total. The summed E-state index contributed by atoms with van der Waals surface area (Å²) in [5.74, 6) is 0.858. The van der Waals surface area contributed by atoms with Crippen LogP contribution in [0.15, 0.2) is 130 Å². The van der Waals surface area contributed by atoms with E-state index in [-0.39, 0.29) is 6.17 Å². The average Bonchev–Trinajstić information content (AvgIpc) is 3.34. The topological polar surface area (TPSA) is 43.8 Å². The predicted octanol–water partition coefficient (Wildman–Crippen LogP) is 7.22. The van der Waals surface area contributed by atoms with Crippen molar-refractivity contribution in [2.45, 2.75) is 22.9 Å². The highest BCUT2D eigenvalue weighted by Gasteiger charge is 2.33. The number of fused-ring (bicyclic) bond motifs is 1. The van der Waals surface area contributed by atoms with Crippen molar-refractivity contribution in [2.24, 2.45) is 5.10 Å². The van der Waals surface area contributed by atoms with E-state index in [0.29, 0.717) is 0 Å². The summed E-state index contributed by atoms with van der Waals surface area (Å²) in [6.45, 7) is 2.12. The quantitative estimate of drug-likeness (QED) is 0.260. The lowest BCUT2D eigenvalue weighted by Crippen LogP contribution is -2.33. The third-order valence-corrected chi connectivity index (χ3v) is 8.09. The number of anilines is 1. The Hall–Kier alpha value is -3.94. The highest BCUT2D eigenvalue weighted by molar-refractivity contribution is 8.18. The van der Waals surface area contributed by atoms with Gasteiger partial charge in [0.2, 0.25) is 0 Å². The Morgan fingerprint density at radius 1 is 0.811 bits per heavy atom. The molecule has 7 heteroatoms. The number of rotatable bonds is 7. The van der Waals surface area contributed by atoms with E-state index in [1.165, 1.54) is 5.56 Å². The minimum absolute atomic E-state index is 0.0272. The average molecular weight is 520 g/mol. The molecule has 3 aromatic carbocycles. The molecule has 1 aromatic heterocycles. The molecule has 0 saturated heterocycles. The number of hydrogen-bond donors (Lipinski definition) is 1. The van der Waals surface area contributed by atoms with Gasteiger partial charge >= 0.3 is 0 Å². The molecule has 0 radical (unpaired) electrons. The van der Waals surface area contributed by atoms with Crippen LogP contribution in [0.2, 0.25) is 0 Å². The molecule has 6 rings (SSSR count). The van der Waals surface area contributed by atoms with E-state index < -0.39 is 0 Å². The Balaban J connectivity index is 1.42. The highest BCUT2D eigenvalue weighted by atomic mass is 32.2. The number of hydrogen-bond acceptors (Lipinski definition) is 7. The van der Waals surface area contributed by atoms with Gasteiger partial charge in [0.25, 0.3) is 0 Å². The minimum Gasteiger partial charge on any atom is -0.358 e. The zero-order valence-electron chi connectivity index (χ0n) is 20.2. The third-order valence-electron chi connectivity index (χ3n) is 5.97. The number of hydrazone groups is 1. The molecule has 0 aliphatic carbocycles. The molecule has 0 fully saturated rings. The maximum atomic E-state index is 4.79. The predicted molar refractivity (Wildman–Crippen MR) is 156 cm³/mol. The summed E-state index contributed by atoms with van der Waals surface area (Å²) in [4.78, 5) is 7.08. The van der Waals surface area contributed by atoms with Crippen LogP contribution in [0.25, 0.3) is 11.4 Å². The van der Waals surface area contributed by atoms with E-state index in [4.69, 9.17) is 10.1 Å². The van der Waals surface area contributed by atoms with Gasteiger partial charge in [-0.15, -0.1) is 0 Å². The van der Waals surface area contributed by atoms with E-state index in [9.17, 15) is 0 Å². The Labute approximate surface area is 225 Å². The molecule has 182 valence electrons. The summed E-state index contributed by atoms with van der Waals surface area (Å²) in [7, 11) is 0. The summed E-state index contributed by atoms with van der Waals surface area (Å²) >= 11 is 3.32. The van der Waals surface area contributed by atoms with E-state index >= 15 is 0 Å². The standard InChI is InChI=1S/C30H25N5S2/c1-22-10-8-11-23(20-22)29-30(34-27(33-29)16-9-18-32-34)24-17-19-31-28(21-24)35(36-25-12-4-2-5-13-25)37-26-14-6-3-7-15-26/h2-21,27,33H,1H3. The Kier molecular flexibility index (Phi) is 6.71. The van der Waals surface area contributed by atoms with Crippen molar-refractivity contribution in [1.29, 1.82) is 0 Å². The molecule has 3 heterocycles. The van der Waals surface area contributed by atoms with Gasteiger partial charge in [0, 0.05) is 57.2 Å². The van der Waals surface area contributed by atoms with Gasteiger partial charge in [-0.2, -0.15) is 5.10 Å². The molecular weight excluding hydrogens is 494 g/mol. The molecule has 1 unspecified atom stereocenters. The maximum Gasteiger partial charge on any atom is 0.150 e. The zero-order valence-corrected chi connectivity index (χ0v) is 21.9. The molecule has 1 atom stereocenters. The third kappa shape index (κ3) is 5.14. The minimum atomic E-state index is -0.0272. The maximum absolute atomic E-state index is 4.79. The molecule has 0 amide bonds. The second kappa shape index (κ2) is 10.6. The highest BCUT2D eigenvalue weighted by Crippen LogP contribution is 2.41. The molecular formula is C30H25N5S2. The zero-order chi connectivity index (χ0) is 25.0. The molecule has 0 saturated carbocycles. The molecule has 0 spiro atoms. The summed E-state index contributed by atoms with van der Waals surface area (Å²) in [5, 5.41) is 10.4. The van der Waals surface area contributed by atoms with Gasteiger partial charge in [-0.05, 0) is 61.5 Å². The van der Waals surface area contributed by atoms with Crippen LogP contribution in [-0.2, 0) is 0 Å². The number of nitrogens with zero attached hydrogens (tertiary/aromatic N) is 4. The lowest BCUT2D eigenvalue weighted by atomic mass is 10.0. The van der Waals surface area contributed by atoms with Crippen LogP contribution in [0.4, 0.5) is 5.82 Å². The van der Waals surface area contributed by atoms with Crippen molar-refractivity contribution in [2.75, 3.05) is 3.71 Å². The number of pyridine rings is 1. The van der Waals surface area contributed by atoms with Gasteiger partial charge in [-0.25, -0.2) is 13.7 Å². The molecule has 4 aromatic rings. The number of aryl methyl sites for hydroxylation is 1. The van der Waals surface area contributed by atoms with Gasteiger partial charge in [0.15, 0.2) is 0 Å². The summed E-state index contributed by atoms with van der Waals surface area (Å²) in [6.07, 6.45) is 7.80. The lowest BCUT2D eigenvalue weighted by Gasteiger charge is -2.25. The van der Waals surface area contributed by atoms with Crippen LogP contribution in [0.3, 0.4) is 0 Å². The van der Waals surface area contributed by atoms with Crippen molar-refractivity contribution < 1.29 is 0 Å². The van der Waals surface area contributed by atoms with Crippen molar-refractivity contribution in [3.05, 3.63) is 132 Å². The van der Waals surface area contributed by atoms with Crippen molar-refractivity contribution in [3.63, 3.8) is 0 Å². The first-order chi connectivity index (χ1) is 18.2. The van der Waals surface area contributed by atoms with Gasteiger partial charge in [0.05, 0.1) is 11.4 Å². The first-order valence-corrected chi connectivity index (χ1v) is 13.6. The fourth-order valence-corrected chi connectivity index (χ4v) is 6.28. The normalized spacial score (nSPS) is 16.0. The van der Waals surface area contributed by atoms with Crippen LogP contribution in [0.1, 0.15) is 16.7 Å². The SMILES string of the molecule is Cc1cccc(C2=C(c3ccnc(N(Sc4ccccc4)Sc4ccccc4)c3)N3N=CC=CC3N2)c1. The summed E-state index contributed by atoms with van der Waals surface area (Å²) in [5.41, 5.74) is 5.51. The van der Waals surface area contributed by atoms with E-state index in [1.807, 2.05) is 30.6 Å². The summed E-state index contributed by atoms with van der Waals surface area (Å²) < 4.78 is 2.17. The molecule has 2 aliphatic heterocycles. The molecule has 2 aliphatic rings. The molecule has 1 N–H and O–H groups in total. The number of allylic oxidation sites excluding steroid dienone is 1. The van der Waals surface area contributed by atoms with Crippen LogP contribution >= 0.6 is 23.9 Å². The number of aromatic nitrogens is 1.